The Balaban J connectivity index is 0.00000110. The van der Waals surface area contributed by atoms with Gasteiger partial charge in [0, 0.05) is 18.0 Å². The Morgan fingerprint density at radius 1 is 1.10 bits per heavy atom. The highest BCUT2D eigenvalue weighted by Gasteiger charge is 2.13. The molecule has 1 fully saturated rings. The van der Waals surface area contributed by atoms with Crippen LogP contribution in [0.15, 0.2) is 29.3 Å². The number of hydrogen-bond donors (Lipinski definition) is 1. The van der Waals surface area contributed by atoms with Crippen molar-refractivity contribution in [3.05, 3.63) is 29.8 Å². The summed E-state index contributed by atoms with van der Waals surface area (Å²) in [5.74, 6) is 1.13. The first-order valence-electron chi connectivity index (χ1n) is 7.16. The third-order valence-corrected chi connectivity index (χ3v) is 4.64. The largest absolute Gasteiger partial charge is 0.335 e. The van der Waals surface area contributed by atoms with Crippen molar-refractivity contribution in [3.63, 3.8) is 0 Å². The smallest absolute Gasteiger partial charge is 0.161 e. The Labute approximate surface area is 143 Å². The van der Waals surface area contributed by atoms with Gasteiger partial charge in [0.2, 0.25) is 0 Å². The van der Waals surface area contributed by atoms with Crippen LogP contribution in [0.4, 0.5) is 5.69 Å². The summed E-state index contributed by atoms with van der Waals surface area (Å²) in [6.07, 6.45) is 4.16. The molecule has 0 aromatic heterocycles. The van der Waals surface area contributed by atoms with E-state index < -0.39 is 0 Å². The molecule has 1 saturated heterocycles. The number of hydrogen-bond acceptors (Lipinski definition) is 4. The molecule has 0 radical (unpaired) electrons. The van der Waals surface area contributed by atoms with Gasteiger partial charge in [-0.1, -0.05) is 36.4 Å². The van der Waals surface area contributed by atoms with E-state index in [1.807, 2.05) is 11.8 Å². The van der Waals surface area contributed by atoms with E-state index in [4.69, 9.17) is 0 Å². The van der Waals surface area contributed by atoms with Crippen LogP contribution < -0.4 is 5.32 Å². The van der Waals surface area contributed by atoms with Crippen LogP contribution in [0.5, 0.6) is 0 Å². The zero-order valence-corrected chi connectivity index (χ0v) is 14.5. The molecule has 2 aliphatic rings. The minimum Gasteiger partial charge on any atom is -0.335 e. The van der Waals surface area contributed by atoms with Gasteiger partial charge in [-0.25, -0.2) is 0 Å². The van der Waals surface area contributed by atoms with Crippen LogP contribution >= 0.6 is 36.6 Å². The van der Waals surface area contributed by atoms with Crippen molar-refractivity contribution >= 4 is 47.4 Å². The molecule has 0 unspecified atom stereocenters. The number of nitrogens with one attached hydrogen (secondary N) is 1. The molecule has 2 aliphatic heterocycles. The van der Waals surface area contributed by atoms with Crippen molar-refractivity contribution in [3.8, 4) is 0 Å². The second-order valence-electron chi connectivity index (χ2n) is 5.15. The summed E-state index contributed by atoms with van der Waals surface area (Å²) in [5.41, 5.74) is 2.51. The van der Waals surface area contributed by atoms with Crippen LogP contribution in [0.3, 0.4) is 0 Å². The van der Waals surface area contributed by atoms with E-state index in [0.717, 1.165) is 17.5 Å². The lowest BCUT2D eigenvalue weighted by Crippen LogP contribution is -2.32. The molecule has 0 bridgehead atoms. The number of thioether (sulfide) groups is 1. The Morgan fingerprint density at radius 3 is 2.67 bits per heavy atom. The molecular formula is C15H23Cl2N3S. The molecule has 3 rings (SSSR count). The summed E-state index contributed by atoms with van der Waals surface area (Å²) < 4.78 is 0. The Bertz CT molecular complexity index is 462. The Morgan fingerprint density at radius 2 is 1.86 bits per heavy atom. The van der Waals surface area contributed by atoms with Crippen molar-refractivity contribution in [2.24, 2.45) is 4.99 Å². The lowest BCUT2D eigenvalue weighted by Gasteiger charge is -2.26. The average Bonchev–Trinajstić information content (AvgIpc) is 2.48. The van der Waals surface area contributed by atoms with Gasteiger partial charge in [0.05, 0.1) is 6.54 Å². The maximum Gasteiger partial charge on any atom is 0.161 e. The number of aliphatic imine (C=N–C) groups is 1. The second kappa shape index (κ2) is 9.57. The predicted octanol–water partition coefficient (Wildman–Crippen LogP) is 4.03. The number of benzene rings is 1. The molecule has 0 aliphatic carbocycles. The van der Waals surface area contributed by atoms with Gasteiger partial charge in [-0.2, -0.15) is 0 Å². The molecule has 1 aromatic rings. The van der Waals surface area contributed by atoms with Gasteiger partial charge >= 0.3 is 0 Å². The minimum atomic E-state index is 0. The zero-order valence-electron chi connectivity index (χ0n) is 12.1. The minimum absolute atomic E-state index is 0. The summed E-state index contributed by atoms with van der Waals surface area (Å²) >= 11 is 1.85. The van der Waals surface area contributed by atoms with Crippen LogP contribution in [0.2, 0.25) is 0 Å². The van der Waals surface area contributed by atoms with E-state index in [2.05, 4.69) is 39.5 Å². The fourth-order valence-electron chi connectivity index (χ4n) is 2.63. The third kappa shape index (κ3) is 5.37. The number of piperidine rings is 1. The van der Waals surface area contributed by atoms with Crippen molar-refractivity contribution in [1.82, 2.24) is 4.90 Å². The van der Waals surface area contributed by atoms with E-state index in [-0.39, 0.29) is 24.8 Å². The Kier molecular flexibility index (Phi) is 8.49. The molecule has 0 spiro atoms. The van der Waals surface area contributed by atoms with Gasteiger partial charge < -0.3 is 10.2 Å². The molecule has 21 heavy (non-hydrogen) atoms. The van der Waals surface area contributed by atoms with E-state index in [0.29, 0.717) is 0 Å². The quantitative estimate of drug-likeness (QED) is 0.894. The standard InChI is InChI=1S/C15H21N3S.2ClH/c1-4-8-18(9-5-1)10-11-19-15-16-12-13-6-2-3-7-14(13)17-15;;/h2-3,6-7H,1,4-5,8-12H2,(H,16,17);2*1H. The lowest BCUT2D eigenvalue weighted by molar-refractivity contribution is 0.242. The van der Waals surface area contributed by atoms with Crippen LogP contribution in [0.1, 0.15) is 24.8 Å². The van der Waals surface area contributed by atoms with Crippen LogP contribution in [0, 0.1) is 0 Å². The van der Waals surface area contributed by atoms with Gasteiger partial charge in [0.1, 0.15) is 0 Å². The summed E-state index contributed by atoms with van der Waals surface area (Å²) in [4.78, 5) is 7.18. The van der Waals surface area contributed by atoms with E-state index in [9.17, 15) is 0 Å². The van der Waals surface area contributed by atoms with Crippen molar-refractivity contribution in [2.75, 3.05) is 30.7 Å². The zero-order chi connectivity index (χ0) is 12.9. The molecule has 3 nitrogen and oxygen atoms in total. The first kappa shape index (κ1) is 18.6. The molecule has 1 N–H and O–H groups in total. The molecule has 6 heteroatoms. The maximum absolute atomic E-state index is 4.60. The van der Waals surface area contributed by atoms with Crippen molar-refractivity contribution in [1.29, 1.82) is 0 Å². The molecular weight excluding hydrogens is 325 g/mol. The summed E-state index contributed by atoms with van der Waals surface area (Å²) in [7, 11) is 0. The number of para-hydroxylation sites is 1. The number of anilines is 1. The number of rotatable bonds is 3. The summed E-state index contributed by atoms with van der Waals surface area (Å²) in [6, 6.07) is 8.42. The van der Waals surface area contributed by atoms with Crippen LogP contribution in [-0.2, 0) is 6.54 Å². The number of likely N-dealkylation sites (tertiary alicyclic amines) is 1. The maximum atomic E-state index is 4.60. The number of fused-ring (bicyclic) bond motifs is 1. The van der Waals surface area contributed by atoms with Crippen molar-refractivity contribution < 1.29 is 0 Å². The normalized spacial score (nSPS) is 17.6. The SMILES string of the molecule is Cl.Cl.c1ccc2c(c1)CN=C(SCCN1CCCCC1)N2. The highest BCUT2D eigenvalue weighted by molar-refractivity contribution is 8.14. The highest BCUT2D eigenvalue weighted by atomic mass is 35.5. The first-order chi connectivity index (χ1) is 9.42. The number of halogens is 2. The molecule has 0 amide bonds. The predicted molar refractivity (Wildman–Crippen MR) is 98.4 cm³/mol. The van der Waals surface area contributed by atoms with Gasteiger partial charge in [0.25, 0.3) is 0 Å². The Hall–Kier alpha value is -0.420. The van der Waals surface area contributed by atoms with Crippen LogP contribution in [0.25, 0.3) is 0 Å². The molecule has 2 heterocycles. The number of nitrogens with zero attached hydrogens (tertiary/aromatic N) is 2. The summed E-state index contributed by atoms with van der Waals surface area (Å²) in [6.45, 7) is 4.56. The fourth-order valence-corrected chi connectivity index (χ4v) is 3.51. The topological polar surface area (TPSA) is 27.6 Å². The second-order valence-corrected chi connectivity index (χ2v) is 6.24. The van der Waals surface area contributed by atoms with Gasteiger partial charge in [0.15, 0.2) is 5.17 Å². The van der Waals surface area contributed by atoms with Gasteiger partial charge in [-0.3, -0.25) is 4.99 Å². The first-order valence-corrected chi connectivity index (χ1v) is 8.15. The van der Waals surface area contributed by atoms with Crippen LogP contribution in [-0.4, -0.2) is 35.5 Å². The van der Waals surface area contributed by atoms with E-state index in [1.54, 1.807) is 0 Å². The van der Waals surface area contributed by atoms with E-state index >= 15 is 0 Å². The third-order valence-electron chi connectivity index (χ3n) is 3.75. The highest BCUT2D eigenvalue weighted by Crippen LogP contribution is 2.23. The molecule has 0 atom stereocenters. The monoisotopic (exact) mass is 347 g/mol. The van der Waals surface area contributed by atoms with Gasteiger partial charge in [-0.15, -0.1) is 24.8 Å². The molecule has 118 valence electrons. The lowest BCUT2D eigenvalue weighted by atomic mass is 10.1. The van der Waals surface area contributed by atoms with E-state index in [1.165, 1.54) is 50.1 Å². The molecule has 1 aromatic carbocycles. The molecule has 0 saturated carbocycles. The average molecular weight is 348 g/mol. The van der Waals surface area contributed by atoms with Gasteiger partial charge in [-0.05, 0) is 37.6 Å². The fraction of sp³-hybridized carbons (Fsp3) is 0.533. The number of amidine groups is 1. The summed E-state index contributed by atoms with van der Waals surface area (Å²) in [5, 5.41) is 4.51. The van der Waals surface area contributed by atoms with Crippen molar-refractivity contribution in [2.45, 2.75) is 25.8 Å².